The molecule has 0 saturated carbocycles. The van der Waals surface area contributed by atoms with Gasteiger partial charge in [-0.15, -0.1) is 5.10 Å². The van der Waals surface area contributed by atoms with Crippen LogP contribution in [0.15, 0.2) is 29.4 Å². The summed E-state index contributed by atoms with van der Waals surface area (Å²) >= 11 is 1.29. The first kappa shape index (κ1) is 15.8. The third-order valence-electron chi connectivity index (χ3n) is 3.42. The number of aromatic nitrogens is 3. The van der Waals surface area contributed by atoms with Gasteiger partial charge in [-0.05, 0) is 37.1 Å². The highest BCUT2D eigenvalue weighted by Gasteiger charge is 2.21. The summed E-state index contributed by atoms with van der Waals surface area (Å²) in [5, 5.41) is 10.4. The zero-order valence-electron chi connectivity index (χ0n) is 12.7. The van der Waals surface area contributed by atoms with Crippen LogP contribution in [-0.2, 0) is 9.53 Å². The van der Waals surface area contributed by atoms with Gasteiger partial charge in [0, 0.05) is 12.3 Å². The number of nitrogens with zero attached hydrogens (tertiary/aromatic N) is 2. The normalized spacial score (nSPS) is 17.2. The van der Waals surface area contributed by atoms with E-state index in [1.54, 1.807) is 31.4 Å². The van der Waals surface area contributed by atoms with Crippen molar-refractivity contribution in [3.8, 4) is 5.75 Å². The number of rotatable bonds is 6. The highest BCUT2D eigenvalue weighted by molar-refractivity contribution is 7.99. The second-order valence-electron chi connectivity index (χ2n) is 5.07. The molecule has 1 amide bonds. The van der Waals surface area contributed by atoms with Crippen LogP contribution in [0.25, 0.3) is 0 Å². The molecular weight excluding hydrogens is 316 g/mol. The molecule has 23 heavy (non-hydrogen) atoms. The molecule has 1 aromatic heterocycles. The minimum Gasteiger partial charge on any atom is -0.497 e. The molecule has 122 valence electrons. The average molecular weight is 334 g/mol. The van der Waals surface area contributed by atoms with Gasteiger partial charge < -0.3 is 14.8 Å². The molecule has 0 aliphatic carbocycles. The van der Waals surface area contributed by atoms with E-state index in [2.05, 4.69) is 20.5 Å². The molecule has 8 heteroatoms. The SMILES string of the molecule is COc1ccc(NC(=O)CSc2n[nH]c(C3CCCO3)n2)cc1. The second-order valence-corrected chi connectivity index (χ2v) is 6.01. The number of benzene rings is 1. The molecular formula is C15H18N4O3S. The zero-order chi connectivity index (χ0) is 16.1. The number of nitrogens with one attached hydrogen (secondary N) is 2. The standard InChI is InChI=1S/C15H18N4O3S/c1-21-11-6-4-10(5-7-11)16-13(20)9-23-15-17-14(18-19-15)12-3-2-8-22-12/h4-7,12H,2-3,8-9H2,1H3,(H,16,20)(H,17,18,19). The van der Waals surface area contributed by atoms with Gasteiger partial charge in [0.05, 0.1) is 12.9 Å². The molecule has 2 N–H and O–H groups in total. The summed E-state index contributed by atoms with van der Waals surface area (Å²) in [6.45, 7) is 0.762. The van der Waals surface area contributed by atoms with Crippen molar-refractivity contribution < 1.29 is 14.3 Å². The molecule has 7 nitrogen and oxygen atoms in total. The summed E-state index contributed by atoms with van der Waals surface area (Å²) in [7, 11) is 1.60. The summed E-state index contributed by atoms with van der Waals surface area (Å²) in [5.74, 6) is 1.62. The van der Waals surface area contributed by atoms with Crippen molar-refractivity contribution in [2.75, 3.05) is 24.8 Å². The van der Waals surface area contributed by atoms with Crippen molar-refractivity contribution in [3.05, 3.63) is 30.1 Å². The van der Waals surface area contributed by atoms with Gasteiger partial charge in [0.1, 0.15) is 11.9 Å². The number of H-pyrrole nitrogens is 1. The fourth-order valence-corrected chi connectivity index (χ4v) is 2.87. The van der Waals surface area contributed by atoms with Crippen molar-refractivity contribution in [2.45, 2.75) is 24.1 Å². The summed E-state index contributed by atoms with van der Waals surface area (Å²) in [6, 6.07) is 7.19. The Labute approximate surface area is 138 Å². The van der Waals surface area contributed by atoms with Crippen LogP contribution in [0.4, 0.5) is 5.69 Å². The highest BCUT2D eigenvalue weighted by Crippen LogP contribution is 2.27. The van der Waals surface area contributed by atoms with Crippen molar-refractivity contribution >= 4 is 23.4 Å². The van der Waals surface area contributed by atoms with Crippen molar-refractivity contribution in [2.24, 2.45) is 0 Å². The van der Waals surface area contributed by atoms with E-state index < -0.39 is 0 Å². The Hall–Kier alpha value is -2.06. The number of carbonyl (C=O) groups excluding carboxylic acids is 1. The number of hydrogen-bond donors (Lipinski definition) is 2. The molecule has 1 aromatic carbocycles. The Morgan fingerprint density at radius 2 is 2.30 bits per heavy atom. The van der Waals surface area contributed by atoms with Crippen LogP contribution in [0.3, 0.4) is 0 Å². The molecule has 2 aromatic rings. The Morgan fingerprint density at radius 1 is 1.48 bits per heavy atom. The Bertz CT molecular complexity index is 653. The topological polar surface area (TPSA) is 89.1 Å². The van der Waals surface area contributed by atoms with Gasteiger partial charge in [-0.2, -0.15) is 0 Å². The Morgan fingerprint density at radius 3 is 3.00 bits per heavy atom. The average Bonchev–Trinajstić information content (AvgIpc) is 3.25. The molecule has 0 bridgehead atoms. The number of amides is 1. The molecule has 3 rings (SSSR count). The number of thioether (sulfide) groups is 1. The number of ether oxygens (including phenoxy) is 2. The highest BCUT2D eigenvalue weighted by atomic mass is 32.2. The number of aromatic amines is 1. The van der Waals surface area contributed by atoms with E-state index in [1.807, 2.05) is 0 Å². The third kappa shape index (κ3) is 4.23. The minimum atomic E-state index is -0.108. The Balaban J connectivity index is 1.48. The molecule has 1 saturated heterocycles. The summed E-state index contributed by atoms with van der Waals surface area (Å²) in [5.41, 5.74) is 0.728. The smallest absolute Gasteiger partial charge is 0.234 e. The Kier molecular flexibility index (Phi) is 5.14. The molecule has 2 heterocycles. The van der Waals surface area contributed by atoms with Gasteiger partial charge >= 0.3 is 0 Å². The first-order valence-corrected chi connectivity index (χ1v) is 8.34. The minimum absolute atomic E-state index is 0.00461. The number of anilines is 1. The van der Waals surface area contributed by atoms with E-state index >= 15 is 0 Å². The van der Waals surface area contributed by atoms with Gasteiger partial charge in [0.25, 0.3) is 0 Å². The van der Waals surface area contributed by atoms with Crippen LogP contribution in [0.2, 0.25) is 0 Å². The lowest BCUT2D eigenvalue weighted by Crippen LogP contribution is -2.14. The maximum absolute atomic E-state index is 11.9. The number of carbonyl (C=O) groups is 1. The van der Waals surface area contributed by atoms with E-state index in [9.17, 15) is 4.79 Å². The van der Waals surface area contributed by atoms with E-state index in [0.29, 0.717) is 5.16 Å². The van der Waals surface area contributed by atoms with Crippen LogP contribution >= 0.6 is 11.8 Å². The molecule has 1 aliphatic heterocycles. The predicted octanol–water partition coefficient (Wildman–Crippen LogP) is 2.40. The van der Waals surface area contributed by atoms with Crippen molar-refractivity contribution in [1.29, 1.82) is 0 Å². The van der Waals surface area contributed by atoms with Crippen LogP contribution in [0.5, 0.6) is 5.75 Å². The molecule has 0 radical (unpaired) electrons. The maximum atomic E-state index is 11.9. The van der Waals surface area contributed by atoms with Gasteiger partial charge in [0.2, 0.25) is 11.1 Å². The number of hydrogen-bond acceptors (Lipinski definition) is 6. The van der Waals surface area contributed by atoms with E-state index in [1.165, 1.54) is 11.8 Å². The predicted molar refractivity (Wildman–Crippen MR) is 86.7 cm³/mol. The van der Waals surface area contributed by atoms with Crippen molar-refractivity contribution in [3.63, 3.8) is 0 Å². The molecule has 1 unspecified atom stereocenters. The van der Waals surface area contributed by atoms with Crippen LogP contribution in [0, 0.1) is 0 Å². The van der Waals surface area contributed by atoms with Crippen molar-refractivity contribution in [1.82, 2.24) is 15.2 Å². The largest absolute Gasteiger partial charge is 0.497 e. The van der Waals surface area contributed by atoms with Crippen LogP contribution in [-0.4, -0.2) is 40.6 Å². The molecule has 0 spiro atoms. The zero-order valence-corrected chi connectivity index (χ0v) is 13.6. The maximum Gasteiger partial charge on any atom is 0.234 e. The van der Waals surface area contributed by atoms with Gasteiger partial charge in [-0.1, -0.05) is 11.8 Å². The molecule has 1 atom stereocenters. The van der Waals surface area contributed by atoms with Crippen LogP contribution < -0.4 is 10.1 Å². The first-order chi connectivity index (χ1) is 11.2. The fraction of sp³-hybridized carbons (Fsp3) is 0.400. The lowest BCUT2D eigenvalue weighted by atomic mass is 10.2. The molecule has 1 fully saturated rings. The van der Waals surface area contributed by atoms with Gasteiger partial charge in [-0.3, -0.25) is 9.89 Å². The van der Waals surface area contributed by atoms with Gasteiger partial charge in [0.15, 0.2) is 5.82 Å². The summed E-state index contributed by atoms with van der Waals surface area (Å²) < 4.78 is 10.6. The van der Waals surface area contributed by atoms with E-state index in [4.69, 9.17) is 9.47 Å². The summed E-state index contributed by atoms with van der Waals surface area (Å²) in [6.07, 6.45) is 2.00. The van der Waals surface area contributed by atoms with E-state index in [0.717, 1.165) is 36.7 Å². The third-order valence-corrected chi connectivity index (χ3v) is 4.27. The fourth-order valence-electron chi connectivity index (χ4n) is 2.26. The quantitative estimate of drug-likeness (QED) is 0.789. The van der Waals surface area contributed by atoms with E-state index in [-0.39, 0.29) is 17.8 Å². The number of methoxy groups -OCH3 is 1. The summed E-state index contributed by atoms with van der Waals surface area (Å²) in [4.78, 5) is 16.3. The monoisotopic (exact) mass is 334 g/mol. The molecule has 1 aliphatic rings. The lowest BCUT2D eigenvalue weighted by molar-refractivity contribution is -0.113. The van der Waals surface area contributed by atoms with Gasteiger partial charge in [-0.25, -0.2) is 4.98 Å². The van der Waals surface area contributed by atoms with Crippen LogP contribution in [0.1, 0.15) is 24.8 Å². The first-order valence-electron chi connectivity index (χ1n) is 7.35. The second kappa shape index (κ2) is 7.47. The lowest BCUT2D eigenvalue weighted by Gasteiger charge is -2.05.